The van der Waals surface area contributed by atoms with Gasteiger partial charge in [0.05, 0.1) is 17.9 Å². The number of fused-ring (bicyclic) bond motifs is 1. The number of anilines is 1. The summed E-state index contributed by atoms with van der Waals surface area (Å²) < 4.78 is 11.3. The summed E-state index contributed by atoms with van der Waals surface area (Å²) in [6.45, 7) is 2.30. The molecule has 0 bridgehead atoms. The van der Waals surface area contributed by atoms with Gasteiger partial charge in [-0.1, -0.05) is 23.7 Å². The molecule has 34 heavy (non-hydrogen) atoms. The fourth-order valence-electron chi connectivity index (χ4n) is 4.07. The number of Topliss-reactive ketones (excluding diaryl/α,β-unsaturated/α-hetero) is 1. The summed E-state index contributed by atoms with van der Waals surface area (Å²) in [6, 6.07) is 17.6. The summed E-state index contributed by atoms with van der Waals surface area (Å²) in [6.07, 6.45) is 1.56. The van der Waals surface area contributed by atoms with Crippen LogP contribution < -0.4 is 9.64 Å². The molecular formula is C26H19ClN2O5. The van der Waals surface area contributed by atoms with E-state index in [4.69, 9.17) is 20.8 Å². The molecule has 1 N–H and O–H groups in total. The van der Waals surface area contributed by atoms with Gasteiger partial charge >= 0.3 is 0 Å². The van der Waals surface area contributed by atoms with Gasteiger partial charge in [-0.3, -0.25) is 19.5 Å². The van der Waals surface area contributed by atoms with Crippen LogP contribution in [0.2, 0.25) is 5.02 Å². The number of pyridine rings is 1. The number of amides is 1. The van der Waals surface area contributed by atoms with Crippen molar-refractivity contribution in [3.63, 3.8) is 0 Å². The number of rotatable bonds is 6. The Balaban J connectivity index is 1.63. The van der Waals surface area contributed by atoms with E-state index in [9.17, 15) is 14.7 Å². The van der Waals surface area contributed by atoms with Crippen molar-refractivity contribution in [1.29, 1.82) is 0 Å². The molecule has 1 unspecified atom stereocenters. The number of carbonyl (C=O) groups excluding carboxylic acids is 2. The number of halogens is 1. The highest BCUT2D eigenvalue weighted by molar-refractivity contribution is 6.31. The highest BCUT2D eigenvalue weighted by atomic mass is 35.5. The van der Waals surface area contributed by atoms with Crippen LogP contribution in [0.25, 0.3) is 11.0 Å². The number of hydrogen-bond donors (Lipinski definition) is 1. The molecule has 1 aliphatic rings. The van der Waals surface area contributed by atoms with E-state index in [1.54, 1.807) is 72.9 Å². The molecule has 3 heterocycles. The van der Waals surface area contributed by atoms with Crippen LogP contribution in [-0.4, -0.2) is 28.4 Å². The number of benzene rings is 2. The second kappa shape index (κ2) is 8.68. The van der Waals surface area contributed by atoms with E-state index < -0.39 is 23.5 Å². The molecule has 0 aliphatic carbocycles. The number of carbonyl (C=O) groups is 2. The normalized spacial score (nSPS) is 15.9. The summed E-state index contributed by atoms with van der Waals surface area (Å²) in [4.78, 5) is 32.6. The third-order valence-corrected chi connectivity index (χ3v) is 5.76. The largest absolute Gasteiger partial charge is 0.503 e. The van der Waals surface area contributed by atoms with Gasteiger partial charge in [0.2, 0.25) is 5.78 Å². The Morgan fingerprint density at radius 2 is 2.00 bits per heavy atom. The first-order chi connectivity index (χ1) is 16.5. The molecule has 8 heteroatoms. The molecule has 170 valence electrons. The third kappa shape index (κ3) is 3.70. The number of aliphatic hydroxyl groups excluding tert-OH is 1. The summed E-state index contributed by atoms with van der Waals surface area (Å²) in [5.41, 5.74) is 1.23. The van der Waals surface area contributed by atoms with Crippen molar-refractivity contribution in [1.82, 2.24) is 4.98 Å². The van der Waals surface area contributed by atoms with Gasteiger partial charge in [-0.15, -0.1) is 0 Å². The Morgan fingerprint density at radius 3 is 2.76 bits per heavy atom. The van der Waals surface area contributed by atoms with Crippen LogP contribution in [0.15, 0.2) is 88.7 Å². The zero-order valence-corrected chi connectivity index (χ0v) is 18.8. The van der Waals surface area contributed by atoms with Crippen LogP contribution in [0.4, 0.5) is 5.69 Å². The van der Waals surface area contributed by atoms with Crippen molar-refractivity contribution < 1.29 is 23.8 Å². The second-order valence-electron chi connectivity index (χ2n) is 7.65. The lowest BCUT2D eigenvalue weighted by atomic mass is 9.98. The van der Waals surface area contributed by atoms with Crippen molar-refractivity contribution in [3.05, 3.63) is 101 Å². The lowest BCUT2D eigenvalue weighted by Gasteiger charge is -2.26. The van der Waals surface area contributed by atoms with Gasteiger partial charge in [-0.05, 0) is 55.5 Å². The molecular weight excluding hydrogens is 456 g/mol. The van der Waals surface area contributed by atoms with Gasteiger partial charge in [0.1, 0.15) is 17.4 Å². The lowest BCUT2D eigenvalue weighted by Crippen LogP contribution is -2.31. The Kier molecular flexibility index (Phi) is 5.55. The molecule has 0 spiro atoms. The molecule has 0 fully saturated rings. The van der Waals surface area contributed by atoms with Crippen molar-refractivity contribution in [2.75, 3.05) is 11.5 Å². The Labute approximate surface area is 199 Å². The third-order valence-electron chi connectivity index (χ3n) is 5.53. The van der Waals surface area contributed by atoms with Crippen molar-refractivity contribution in [2.24, 2.45) is 0 Å². The Bertz CT molecular complexity index is 1440. The monoisotopic (exact) mass is 474 g/mol. The number of furan rings is 1. The average molecular weight is 475 g/mol. The number of nitrogens with zero attached hydrogens (tertiary/aromatic N) is 2. The predicted octanol–water partition coefficient (Wildman–Crippen LogP) is 5.66. The number of hydrogen-bond acceptors (Lipinski definition) is 6. The first-order valence-electron chi connectivity index (χ1n) is 10.6. The van der Waals surface area contributed by atoms with Gasteiger partial charge in [-0.2, -0.15) is 0 Å². The van der Waals surface area contributed by atoms with Gasteiger partial charge in [-0.25, -0.2) is 0 Å². The maximum Gasteiger partial charge on any atom is 0.294 e. The minimum Gasteiger partial charge on any atom is -0.503 e. The van der Waals surface area contributed by atoms with E-state index in [0.717, 1.165) is 0 Å². The minimum absolute atomic E-state index is 0.0162. The number of ketones is 1. The molecule has 1 atom stereocenters. The SMILES string of the molecule is CCOc1cccc(N2C(=O)C(O)=C(C(=O)c3cc4cc(Cl)ccc4o3)C2c2ccccn2)c1. The highest BCUT2D eigenvalue weighted by Crippen LogP contribution is 2.42. The summed E-state index contributed by atoms with van der Waals surface area (Å²) in [7, 11) is 0. The van der Waals surface area contributed by atoms with Crippen LogP contribution in [0, 0.1) is 0 Å². The number of ether oxygens (including phenoxy) is 1. The smallest absolute Gasteiger partial charge is 0.294 e. The molecule has 0 saturated carbocycles. The maximum atomic E-state index is 13.6. The highest BCUT2D eigenvalue weighted by Gasteiger charge is 2.46. The van der Waals surface area contributed by atoms with Crippen LogP contribution in [0.5, 0.6) is 5.75 Å². The summed E-state index contributed by atoms with van der Waals surface area (Å²) in [5.74, 6) is -1.44. The van der Waals surface area contributed by atoms with Crippen LogP contribution in [0.3, 0.4) is 0 Å². The maximum absolute atomic E-state index is 13.6. The van der Waals surface area contributed by atoms with E-state index in [1.165, 1.54) is 4.90 Å². The zero-order chi connectivity index (χ0) is 23.8. The molecule has 5 rings (SSSR count). The van der Waals surface area contributed by atoms with Crippen LogP contribution >= 0.6 is 11.6 Å². The zero-order valence-electron chi connectivity index (χ0n) is 18.1. The predicted molar refractivity (Wildman–Crippen MR) is 127 cm³/mol. The van der Waals surface area contributed by atoms with Gasteiger partial charge in [0, 0.05) is 28.4 Å². The van der Waals surface area contributed by atoms with E-state index in [2.05, 4.69) is 4.98 Å². The van der Waals surface area contributed by atoms with E-state index in [-0.39, 0.29) is 11.3 Å². The standard InChI is InChI=1S/C26H19ClN2O5/c1-2-33-18-7-5-6-17(14-18)29-23(19-8-3-4-11-28-19)22(25(31)26(29)32)24(30)21-13-15-12-16(27)9-10-20(15)34-21/h3-14,23,31H,2H2,1H3. The van der Waals surface area contributed by atoms with E-state index in [0.29, 0.717) is 39.7 Å². The van der Waals surface area contributed by atoms with E-state index in [1.807, 2.05) is 6.92 Å². The van der Waals surface area contributed by atoms with Gasteiger partial charge in [0.15, 0.2) is 11.5 Å². The van der Waals surface area contributed by atoms with Crippen molar-refractivity contribution >= 4 is 39.9 Å². The Hall–Kier alpha value is -4.10. The van der Waals surface area contributed by atoms with Crippen LogP contribution in [0.1, 0.15) is 29.2 Å². The molecule has 1 aliphatic heterocycles. The van der Waals surface area contributed by atoms with Crippen LogP contribution in [-0.2, 0) is 4.79 Å². The first-order valence-corrected chi connectivity index (χ1v) is 11.0. The summed E-state index contributed by atoms with van der Waals surface area (Å²) >= 11 is 6.06. The molecule has 4 aromatic rings. The molecule has 0 saturated heterocycles. The first kappa shape index (κ1) is 21.7. The molecule has 2 aromatic carbocycles. The summed E-state index contributed by atoms with van der Waals surface area (Å²) in [5, 5.41) is 12.0. The topological polar surface area (TPSA) is 92.9 Å². The quantitative estimate of drug-likeness (QED) is 0.362. The lowest BCUT2D eigenvalue weighted by molar-refractivity contribution is -0.117. The second-order valence-corrected chi connectivity index (χ2v) is 8.08. The Morgan fingerprint density at radius 1 is 1.15 bits per heavy atom. The molecule has 0 radical (unpaired) electrons. The number of aliphatic hydroxyl groups is 1. The molecule has 2 aromatic heterocycles. The fourth-order valence-corrected chi connectivity index (χ4v) is 4.25. The van der Waals surface area contributed by atoms with Gasteiger partial charge < -0.3 is 14.3 Å². The van der Waals surface area contributed by atoms with E-state index >= 15 is 0 Å². The molecule has 1 amide bonds. The molecule has 7 nitrogen and oxygen atoms in total. The average Bonchev–Trinajstić information content (AvgIpc) is 3.38. The minimum atomic E-state index is -0.963. The fraction of sp³-hybridized carbons (Fsp3) is 0.115. The van der Waals surface area contributed by atoms with Crippen molar-refractivity contribution in [3.8, 4) is 5.75 Å². The van der Waals surface area contributed by atoms with Gasteiger partial charge in [0.25, 0.3) is 5.91 Å². The number of aromatic nitrogens is 1. The van der Waals surface area contributed by atoms with Crippen molar-refractivity contribution in [2.45, 2.75) is 13.0 Å².